The lowest BCUT2D eigenvalue weighted by Gasteiger charge is -2.04. The highest BCUT2D eigenvalue weighted by Crippen LogP contribution is 2.16. The number of carbonyl (C=O) groups is 1. The van der Waals surface area contributed by atoms with Crippen LogP contribution in [0.4, 0.5) is 9.80 Å². The van der Waals surface area contributed by atoms with Crippen molar-refractivity contribution in [3.63, 3.8) is 0 Å². The molecular weight excluding hydrogens is 318 g/mol. The van der Waals surface area contributed by atoms with Crippen LogP contribution >= 0.6 is 11.3 Å². The Balaban J connectivity index is 2.47. The number of nitrogens with one attached hydrogen (secondary N) is 1. The maximum atomic E-state index is 11.6. The zero-order chi connectivity index (χ0) is 16.8. The lowest BCUT2D eigenvalue weighted by molar-refractivity contribution is -0.380. The summed E-state index contributed by atoms with van der Waals surface area (Å²) in [5, 5.41) is 22.5. The number of benzene rings is 1. The van der Waals surface area contributed by atoms with Crippen LogP contribution in [0, 0.1) is 21.4 Å². The first-order chi connectivity index (χ1) is 11.0. The van der Waals surface area contributed by atoms with E-state index >= 15 is 0 Å². The summed E-state index contributed by atoms with van der Waals surface area (Å²) < 4.78 is 1.49. The molecule has 1 aromatic carbocycles. The van der Waals surface area contributed by atoms with Gasteiger partial charge in [0.2, 0.25) is 4.80 Å². The summed E-state index contributed by atoms with van der Waals surface area (Å²) in [6.07, 6.45) is 1.32. The summed E-state index contributed by atoms with van der Waals surface area (Å²) in [6.45, 7) is 2.38. The van der Waals surface area contributed by atoms with Gasteiger partial charge in [-0.25, -0.2) is 4.79 Å². The van der Waals surface area contributed by atoms with Gasteiger partial charge < -0.3 is 9.88 Å². The Kier molecular flexibility index (Phi) is 5.22. The van der Waals surface area contributed by atoms with E-state index < -0.39 is 11.0 Å². The van der Waals surface area contributed by atoms with E-state index in [4.69, 9.17) is 5.26 Å². The molecule has 1 aromatic heterocycles. The van der Waals surface area contributed by atoms with E-state index in [2.05, 4.69) is 16.4 Å². The second-order valence-corrected chi connectivity index (χ2v) is 5.44. The average Bonchev–Trinajstić information content (AvgIpc) is 2.91. The fourth-order valence-corrected chi connectivity index (χ4v) is 2.68. The fourth-order valence-electron chi connectivity index (χ4n) is 1.88. The van der Waals surface area contributed by atoms with Gasteiger partial charge >= 0.3 is 11.0 Å². The summed E-state index contributed by atoms with van der Waals surface area (Å²) in [6, 6.07) is 8.44. The van der Waals surface area contributed by atoms with E-state index in [1.807, 2.05) is 0 Å². The minimum absolute atomic E-state index is 0.123. The number of nitro groups is 1. The van der Waals surface area contributed by atoms with Gasteiger partial charge in [0.05, 0.1) is 29.3 Å². The maximum Gasteiger partial charge on any atom is 0.343 e. The summed E-state index contributed by atoms with van der Waals surface area (Å²) in [5.74, 6) is 0. The number of thiazole rings is 1. The van der Waals surface area contributed by atoms with Crippen molar-refractivity contribution in [3.8, 4) is 6.07 Å². The van der Waals surface area contributed by atoms with Crippen LogP contribution in [0.2, 0.25) is 0 Å². The second-order valence-electron chi connectivity index (χ2n) is 4.45. The van der Waals surface area contributed by atoms with Crippen LogP contribution in [0.25, 0.3) is 0 Å². The predicted octanol–water partition coefficient (Wildman–Crippen LogP) is 2.01. The number of rotatable bonds is 4. The van der Waals surface area contributed by atoms with E-state index in [0.29, 0.717) is 17.7 Å². The van der Waals surface area contributed by atoms with Gasteiger partial charge in [0.15, 0.2) is 0 Å². The summed E-state index contributed by atoms with van der Waals surface area (Å²) in [4.78, 5) is 26.1. The molecule has 1 heterocycles. The number of hydrogen-bond donors (Lipinski definition) is 1. The standard InChI is InChI=1S/C14H13N5O3S/c1-2-16-13(20)17-14-18(9-12(23-14)19(21)22)8-11-6-4-3-5-10(11)7-15/h3-6,9H,2,8H2,1H3,(H,16,20)/b17-14-. The number of hydrogen-bond acceptors (Lipinski definition) is 5. The molecule has 2 rings (SSSR count). The predicted molar refractivity (Wildman–Crippen MR) is 83.9 cm³/mol. The minimum Gasteiger partial charge on any atom is -0.336 e. The first kappa shape index (κ1) is 16.4. The van der Waals surface area contributed by atoms with Crippen LogP contribution in [-0.2, 0) is 6.54 Å². The Morgan fingerprint density at radius 2 is 2.26 bits per heavy atom. The molecule has 0 atom stereocenters. The van der Waals surface area contributed by atoms with Gasteiger partial charge in [0.25, 0.3) is 0 Å². The molecule has 0 spiro atoms. The highest BCUT2D eigenvalue weighted by atomic mass is 32.1. The van der Waals surface area contributed by atoms with Crippen molar-refractivity contribution in [1.82, 2.24) is 9.88 Å². The smallest absolute Gasteiger partial charge is 0.336 e. The van der Waals surface area contributed by atoms with Crippen LogP contribution in [-0.4, -0.2) is 22.1 Å². The van der Waals surface area contributed by atoms with Gasteiger partial charge in [0, 0.05) is 6.54 Å². The van der Waals surface area contributed by atoms with E-state index in [1.165, 1.54) is 10.8 Å². The van der Waals surface area contributed by atoms with E-state index in [-0.39, 0.29) is 16.3 Å². The number of aromatic nitrogens is 1. The first-order valence-electron chi connectivity index (χ1n) is 6.70. The average molecular weight is 331 g/mol. The van der Waals surface area contributed by atoms with Gasteiger partial charge in [0.1, 0.15) is 0 Å². The van der Waals surface area contributed by atoms with Crippen molar-refractivity contribution < 1.29 is 9.72 Å². The number of urea groups is 1. The third-order valence-electron chi connectivity index (χ3n) is 2.89. The molecule has 0 aliphatic carbocycles. The minimum atomic E-state index is -0.563. The Bertz CT molecular complexity index is 847. The molecule has 0 fully saturated rings. The summed E-state index contributed by atoms with van der Waals surface area (Å²) in [5.41, 5.74) is 1.16. The molecule has 8 nitrogen and oxygen atoms in total. The summed E-state index contributed by atoms with van der Waals surface area (Å²) >= 11 is 0.808. The molecule has 2 amide bonds. The van der Waals surface area contributed by atoms with Gasteiger partial charge in [-0.15, -0.1) is 0 Å². The van der Waals surface area contributed by atoms with Crippen LogP contribution < -0.4 is 10.1 Å². The second kappa shape index (κ2) is 7.33. The fraction of sp³-hybridized carbons (Fsp3) is 0.214. The van der Waals surface area contributed by atoms with Gasteiger partial charge in [-0.05, 0) is 29.9 Å². The van der Waals surface area contributed by atoms with E-state index in [9.17, 15) is 14.9 Å². The number of amides is 2. The van der Waals surface area contributed by atoms with Crippen molar-refractivity contribution in [2.45, 2.75) is 13.5 Å². The molecule has 23 heavy (non-hydrogen) atoms. The van der Waals surface area contributed by atoms with E-state index in [1.54, 1.807) is 31.2 Å². The zero-order valence-corrected chi connectivity index (χ0v) is 13.0. The molecule has 9 heteroatoms. The van der Waals surface area contributed by atoms with Crippen molar-refractivity contribution in [1.29, 1.82) is 5.26 Å². The SMILES string of the molecule is CCNC(=O)/N=c1\sc([N+](=O)[O-])cn1Cc1ccccc1C#N. The number of nitriles is 1. The molecule has 0 aliphatic heterocycles. The Morgan fingerprint density at radius 1 is 1.52 bits per heavy atom. The molecular formula is C14H13N5O3S. The van der Waals surface area contributed by atoms with Crippen LogP contribution in [0.1, 0.15) is 18.1 Å². The molecule has 0 radical (unpaired) electrons. The van der Waals surface area contributed by atoms with E-state index in [0.717, 1.165) is 11.3 Å². The molecule has 0 aliphatic rings. The monoisotopic (exact) mass is 331 g/mol. The Hall–Kier alpha value is -2.99. The highest BCUT2D eigenvalue weighted by Gasteiger charge is 2.14. The third-order valence-corrected chi connectivity index (χ3v) is 3.86. The molecule has 0 saturated carbocycles. The van der Waals surface area contributed by atoms with Crippen LogP contribution in [0.5, 0.6) is 0 Å². The Morgan fingerprint density at radius 3 is 2.91 bits per heavy atom. The van der Waals surface area contributed by atoms with Crippen molar-refractivity contribution in [2.75, 3.05) is 6.54 Å². The number of carbonyl (C=O) groups excluding carboxylic acids is 1. The molecule has 0 unspecified atom stereocenters. The van der Waals surface area contributed by atoms with Gasteiger partial charge in [-0.3, -0.25) is 10.1 Å². The highest BCUT2D eigenvalue weighted by molar-refractivity contribution is 7.12. The number of nitrogens with zero attached hydrogens (tertiary/aromatic N) is 4. The van der Waals surface area contributed by atoms with Gasteiger partial charge in [-0.1, -0.05) is 18.2 Å². The van der Waals surface area contributed by atoms with Crippen molar-refractivity contribution in [2.24, 2.45) is 4.99 Å². The maximum absolute atomic E-state index is 11.6. The first-order valence-corrected chi connectivity index (χ1v) is 7.52. The third kappa shape index (κ3) is 4.02. The molecule has 118 valence electrons. The van der Waals surface area contributed by atoms with Crippen molar-refractivity contribution in [3.05, 3.63) is 56.5 Å². The molecule has 0 saturated heterocycles. The van der Waals surface area contributed by atoms with Crippen LogP contribution in [0.15, 0.2) is 35.5 Å². The van der Waals surface area contributed by atoms with Gasteiger partial charge in [-0.2, -0.15) is 10.3 Å². The lowest BCUT2D eigenvalue weighted by atomic mass is 10.1. The lowest BCUT2D eigenvalue weighted by Crippen LogP contribution is -2.24. The zero-order valence-electron chi connectivity index (χ0n) is 12.2. The molecule has 2 aromatic rings. The Labute approximate surface area is 135 Å². The summed E-state index contributed by atoms with van der Waals surface area (Å²) in [7, 11) is 0. The quantitative estimate of drug-likeness (QED) is 0.681. The normalized spacial score (nSPS) is 11.0. The topological polar surface area (TPSA) is 113 Å². The van der Waals surface area contributed by atoms with Crippen LogP contribution in [0.3, 0.4) is 0 Å². The largest absolute Gasteiger partial charge is 0.343 e. The molecule has 0 bridgehead atoms. The van der Waals surface area contributed by atoms with Crippen molar-refractivity contribution >= 4 is 22.4 Å². The molecule has 1 N–H and O–H groups in total.